The molecule has 0 bridgehead atoms. The molecule has 3 nitrogen and oxygen atoms in total. The van der Waals surface area contributed by atoms with Gasteiger partial charge in [0, 0.05) is 54.4 Å². The number of nitrogens with zero attached hydrogens (tertiary/aromatic N) is 3. The number of hydrogen-bond donors (Lipinski definition) is 0. The lowest BCUT2D eigenvalue weighted by Gasteiger charge is -2.29. The summed E-state index contributed by atoms with van der Waals surface area (Å²) < 4.78 is 0. The number of hydrogen-bond acceptors (Lipinski definition) is 3. The molecule has 2 heterocycles. The third-order valence-corrected chi connectivity index (χ3v) is 6.09. The molecule has 1 aliphatic carbocycles. The largest absolute Gasteiger partial charge is 0.294 e. The molecule has 0 N–H and O–H groups in total. The lowest BCUT2D eigenvalue weighted by atomic mass is 9.88. The number of rotatable bonds is 3. The fourth-order valence-corrected chi connectivity index (χ4v) is 4.45. The lowest BCUT2D eigenvalue weighted by Crippen LogP contribution is -2.31. The topological polar surface area (TPSA) is 29.0 Å². The van der Waals surface area contributed by atoms with Crippen molar-refractivity contribution in [1.82, 2.24) is 14.9 Å². The molecule has 1 saturated carbocycles. The van der Waals surface area contributed by atoms with Crippen LogP contribution in [0.3, 0.4) is 0 Å². The standard InChI is InChI=1S/C21H26ClN3/c1-15-6-5-9-19(22)18(15)14-25-11-10-20-17(13-25)12-23-21(24-20)16-7-3-2-4-8-16/h5-6,9,12,16H,2-4,7-8,10-11,13-14H2,1H3. The van der Waals surface area contributed by atoms with Crippen molar-refractivity contribution in [2.24, 2.45) is 0 Å². The molecule has 1 fully saturated rings. The van der Waals surface area contributed by atoms with E-state index in [0.717, 1.165) is 36.9 Å². The van der Waals surface area contributed by atoms with Crippen LogP contribution in [0.15, 0.2) is 24.4 Å². The van der Waals surface area contributed by atoms with Crippen molar-refractivity contribution >= 4 is 11.6 Å². The Labute approximate surface area is 155 Å². The van der Waals surface area contributed by atoms with Crippen molar-refractivity contribution < 1.29 is 0 Å². The molecule has 1 aromatic carbocycles. The first-order valence-electron chi connectivity index (χ1n) is 9.52. The maximum Gasteiger partial charge on any atom is 0.131 e. The molecule has 2 aliphatic rings. The van der Waals surface area contributed by atoms with Gasteiger partial charge in [0.05, 0.1) is 0 Å². The zero-order valence-corrected chi connectivity index (χ0v) is 15.7. The van der Waals surface area contributed by atoms with Gasteiger partial charge < -0.3 is 0 Å². The Morgan fingerprint density at radius 2 is 2.04 bits per heavy atom. The van der Waals surface area contributed by atoms with Crippen LogP contribution in [0, 0.1) is 6.92 Å². The highest BCUT2D eigenvalue weighted by molar-refractivity contribution is 6.31. The zero-order valence-electron chi connectivity index (χ0n) is 15.0. The van der Waals surface area contributed by atoms with Gasteiger partial charge in [-0.2, -0.15) is 0 Å². The molecule has 4 rings (SSSR count). The van der Waals surface area contributed by atoms with Crippen molar-refractivity contribution in [2.75, 3.05) is 6.54 Å². The van der Waals surface area contributed by atoms with E-state index >= 15 is 0 Å². The molecule has 0 amide bonds. The summed E-state index contributed by atoms with van der Waals surface area (Å²) >= 11 is 6.40. The minimum absolute atomic E-state index is 0.586. The molecule has 2 aromatic rings. The predicted molar refractivity (Wildman–Crippen MR) is 102 cm³/mol. The Morgan fingerprint density at radius 1 is 1.20 bits per heavy atom. The summed E-state index contributed by atoms with van der Waals surface area (Å²) in [7, 11) is 0. The van der Waals surface area contributed by atoms with E-state index in [4.69, 9.17) is 21.6 Å². The van der Waals surface area contributed by atoms with Gasteiger partial charge in [-0.3, -0.25) is 4.90 Å². The molecule has 0 unspecified atom stereocenters. The summed E-state index contributed by atoms with van der Waals surface area (Å²) in [5.41, 5.74) is 5.06. The number of aryl methyl sites for hydroxylation is 1. The summed E-state index contributed by atoms with van der Waals surface area (Å²) in [6.45, 7) is 5.00. The van der Waals surface area contributed by atoms with Crippen LogP contribution in [0.4, 0.5) is 0 Å². The van der Waals surface area contributed by atoms with Crippen LogP contribution in [0.25, 0.3) is 0 Å². The molecule has 0 spiro atoms. The number of halogens is 1. The molecule has 1 aliphatic heterocycles. The van der Waals surface area contributed by atoms with Gasteiger partial charge in [0.25, 0.3) is 0 Å². The van der Waals surface area contributed by atoms with E-state index in [2.05, 4.69) is 24.1 Å². The molecule has 132 valence electrons. The van der Waals surface area contributed by atoms with Gasteiger partial charge in [0.15, 0.2) is 0 Å². The maximum atomic E-state index is 6.40. The molecule has 0 radical (unpaired) electrons. The first-order chi connectivity index (χ1) is 12.2. The minimum atomic E-state index is 0.586. The molecular formula is C21H26ClN3. The van der Waals surface area contributed by atoms with E-state index in [-0.39, 0.29) is 0 Å². The lowest BCUT2D eigenvalue weighted by molar-refractivity contribution is 0.242. The summed E-state index contributed by atoms with van der Waals surface area (Å²) in [5, 5.41) is 0.870. The second kappa shape index (κ2) is 7.43. The smallest absolute Gasteiger partial charge is 0.131 e. The van der Waals surface area contributed by atoms with Crippen LogP contribution in [-0.4, -0.2) is 21.4 Å². The Bertz CT molecular complexity index is 733. The number of benzene rings is 1. The monoisotopic (exact) mass is 355 g/mol. The van der Waals surface area contributed by atoms with Gasteiger partial charge in [-0.05, 0) is 37.0 Å². The zero-order chi connectivity index (χ0) is 17.2. The quantitative estimate of drug-likeness (QED) is 0.771. The van der Waals surface area contributed by atoms with Crippen molar-refractivity contribution in [1.29, 1.82) is 0 Å². The summed E-state index contributed by atoms with van der Waals surface area (Å²) in [5.74, 6) is 1.68. The third kappa shape index (κ3) is 3.73. The van der Waals surface area contributed by atoms with Gasteiger partial charge in [0.1, 0.15) is 5.82 Å². The highest BCUT2D eigenvalue weighted by atomic mass is 35.5. The van der Waals surface area contributed by atoms with Gasteiger partial charge in [-0.15, -0.1) is 0 Å². The Morgan fingerprint density at radius 3 is 2.84 bits per heavy atom. The van der Waals surface area contributed by atoms with Crippen molar-refractivity contribution in [3.63, 3.8) is 0 Å². The van der Waals surface area contributed by atoms with Gasteiger partial charge in [0.2, 0.25) is 0 Å². The summed E-state index contributed by atoms with van der Waals surface area (Å²) in [4.78, 5) is 12.1. The molecule has 0 saturated heterocycles. The Balaban J connectivity index is 1.48. The van der Waals surface area contributed by atoms with E-state index in [9.17, 15) is 0 Å². The minimum Gasteiger partial charge on any atom is -0.294 e. The fourth-order valence-electron chi connectivity index (χ4n) is 4.17. The fraction of sp³-hybridized carbons (Fsp3) is 0.524. The summed E-state index contributed by atoms with van der Waals surface area (Å²) in [6, 6.07) is 6.15. The molecule has 25 heavy (non-hydrogen) atoms. The average molecular weight is 356 g/mol. The van der Waals surface area contributed by atoms with E-state index in [1.807, 2.05) is 12.1 Å². The van der Waals surface area contributed by atoms with Gasteiger partial charge in [-0.1, -0.05) is 43.0 Å². The molecule has 4 heteroatoms. The second-order valence-electron chi connectivity index (χ2n) is 7.53. The molecule has 1 aromatic heterocycles. The van der Waals surface area contributed by atoms with Gasteiger partial charge >= 0.3 is 0 Å². The van der Waals surface area contributed by atoms with Gasteiger partial charge in [-0.25, -0.2) is 9.97 Å². The molecule has 0 atom stereocenters. The first-order valence-corrected chi connectivity index (χ1v) is 9.89. The highest BCUT2D eigenvalue weighted by Crippen LogP contribution is 2.31. The van der Waals surface area contributed by atoms with Crippen LogP contribution >= 0.6 is 11.6 Å². The number of aromatic nitrogens is 2. The SMILES string of the molecule is Cc1cccc(Cl)c1CN1CCc2nc(C3CCCCC3)ncc2C1. The van der Waals surface area contributed by atoms with Crippen LogP contribution < -0.4 is 0 Å². The second-order valence-corrected chi connectivity index (χ2v) is 7.94. The van der Waals surface area contributed by atoms with Crippen LogP contribution in [0.1, 0.15) is 66.2 Å². The predicted octanol–water partition coefficient (Wildman–Crippen LogP) is 5.04. The van der Waals surface area contributed by atoms with E-state index in [1.54, 1.807) is 0 Å². The van der Waals surface area contributed by atoms with Crippen molar-refractivity contribution in [3.8, 4) is 0 Å². The Hall–Kier alpha value is -1.45. The average Bonchev–Trinajstić information content (AvgIpc) is 2.65. The van der Waals surface area contributed by atoms with Crippen LogP contribution in [-0.2, 0) is 19.5 Å². The summed E-state index contributed by atoms with van der Waals surface area (Å²) in [6.07, 6.45) is 9.65. The normalized spacial score (nSPS) is 19.0. The van der Waals surface area contributed by atoms with Crippen molar-refractivity contribution in [2.45, 2.75) is 64.5 Å². The van der Waals surface area contributed by atoms with Crippen LogP contribution in [0.5, 0.6) is 0 Å². The van der Waals surface area contributed by atoms with Crippen LogP contribution in [0.2, 0.25) is 5.02 Å². The van der Waals surface area contributed by atoms with Crippen molar-refractivity contribution in [3.05, 3.63) is 57.6 Å². The molecular weight excluding hydrogens is 330 g/mol. The highest BCUT2D eigenvalue weighted by Gasteiger charge is 2.23. The maximum absolute atomic E-state index is 6.40. The number of fused-ring (bicyclic) bond motifs is 1. The first kappa shape index (κ1) is 17.0. The van der Waals surface area contributed by atoms with E-state index < -0.39 is 0 Å². The van der Waals surface area contributed by atoms with E-state index in [1.165, 1.54) is 54.5 Å². The third-order valence-electron chi connectivity index (χ3n) is 5.74. The van der Waals surface area contributed by atoms with E-state index in [0.29, 0.717) is 5.92 Å². The Kier molecular flexibility index (Phi) is 5.05.